The minimum atomic E-state index is -0.357. The molecule has 6 heteroatoms. The summed E-state index contributed by atoms with van der Waals surface area (Å²) < 4.78 is 6.88. The van der Waals surface area contributed by atoms with Gasteiger partial charge in [0.2, 0.25) is 0 Å². The van der Waals surface area contributed by atoms with Gasteiger partial charge in [-0.25, -0.2) is 9.48 Å². The first-order chi connectivity index (χ1) is 9.22. The van der Waals surface area contributed by atoms with Crippen LogP contribution in [0.1, 0.15) is 35.1 Å². The first kappa shape index (κ1) is 13.2. The normalized spacial score (nSPS) is 10.4. The summed E-state index contributed by atoms with van der Waals surface area (Å²) in [5.74, 6) is 0.202. The van der Waals surface area contributed by atoms with Gasteiger partial charge in [0.1, 0.15) is 0 Å². The molecule has 0 aliphatic rings. The van der Waals surface area contributed by atoms with Gasteiger partial charge in [-0.15, -0.1) is 5.10 Å². The highest BCUT2D eigenvalue weighted by Gasteiger charge is 2.12. The Morgan fingerprint density at radius 2 is 2.16 bits per heavy atom. The van der Waals surface area contributed by atoms with Crippen molar-refractivity contribution in [1.82, 2.24) is 20.2 Å². The molecule has 0 aliphatic heterocycles. The average molecular weight is 260 g/mol. The molecule has 0 spiro atoms. The van der Waals surface area contributed by atoms with Gasteiger partial charge in [0, 0.05) is 6.54 Å². The number of ether oxygens (including phenoxy) is 1. The third-order valence-electron chi connectivity index (χ3n) is 2.74. The number of hydrogen-bond acceptors (Lipinski definition) is 5. The van der Waals surface area contributed by atoms with E-state index in [9.17, 15) is 4.79 Å². The van der Waals surface area contributed by atoms with Crippen LogP contribution in [0.5, 0.6) is 0 Å². The average Bonchev–Trinajstić information content (AvgIpc) is 2.84. The van der Waals surface area contributed by atoms with Gasteiger partial charge in [-0.05, 0) is 35.4 Å². The third kappa shape index (κ3) is 3.15. The zero-order chi connectivity index (χ0) is 13.7. The molecule has 0 saturated carbocycles. The summed E-state index contributed by atoms with van der Waals surface area (Å²) in [5, 5.41) is 11.3. The maximum atomic E-state index is 11.9. The second kappa shape index (κ2) is 6.08. The first-order valence-corrected chi connectivity index (χ1v) is 6.20. The molecule has 0 aliphatic carbocycles. The highest BCUT2D eigenvalue weighted by atomic mass is 16.5. The maximum absolute atomic E-state index is 11.9. The maximum Gasteiger partial charge on any atom is 0.338 e. The van der Waals surface area contributed by atoms with Crippen molar-refractivity contribution in [3.8, 4) is 0 Å². The predicted molar refractivity (Wildman–Crippen MR) is 68.4 cm³/mol. The lowest BCUT2D eigenvalue weighted by atomic mass is 10.1. The SMILES string of the molecule is CCCn1nnnc1COC(=O)c1ccccc1C. The van der Waals surface area contributed by atoms with Gasteiger partial charge in [0.05, 0.1) is 5.56 Å². The molecule has 0 N–H and O–H groups in total. The van der Waals surface area contributed by atoms with E-state index in [0.717, 1.165) is 12.0 Å². The van der Waals surface area contributed by atoms with E-state index in [4.69, 9.17) is 4.74 Å². The van der Waals surface area contributed by atoms with E-state index in [-0.39, 0.29) is 12.6 Å². The monoisotopic (exact) mass is 260 g/mol. The number of hydrogen-bond donors (Lipinski definition) is 0. The zero-order valence-corrected chi connectivity index (χ0v) is 11.0. The van der Waals surface area contributed by atoms with Crippen LogP contribution >= 0.6 is 0 Å². The van der Waals surface area contributed by atoms with Gasteiger partial charge in [0.15, 0.2) is 12.4 Å². The van der Waals surface area contributed by atoms with E-state index in [1.54, 1.807) is 10.7 Å². The second-order valence-electron chi connectivity index (χ2n) is 4.21. The Labute approximate surface area is 111 Å². The van der Waals surface area contributed by atoms with E-state index < -0.39 is 0 Å². The fourth-order valence-corrected chi connectivity index (χ4v) is 1.72. The van der Waals surface area contributed by atoms with Gasteiger partial charge in [0.25, 0.3) is 0 Å². The molecular weight excluding hydrogens is 244 g/mol. The van der Waals surface area contributed by atoms with Gasteiger partial charge in [-0.1, -0.05) is 25.1 Å². The van der Waals surface area contributed by atoms with Crippen molar-refractivity contribution in [1.29, 1.82) is 0 Å². The molecular formula is C13H16N4O2. The molecule has 0 bridgehead atoms. The van der Waals surface area contributed by atoms with Crippen molar-refractivity contribution in [3.05, 3.63) is 41.2 Å². The molecule has 0 amide bonds. The Bertz CT molecular complexity index is 565. The van der Waals surface area contributed by atoms with Crippen molar-refractivity contribution in [2.45, 2.75) is 33.4 Å². The van der Waals surface area contributed by atoms with E-state index in [1.165, 1.54) is 0 Å². The lowest BCUT2D eigenvalue weighted by molar-refractivity contribution is 0.0455. The summed E-state index contributed by atoms with van der Waals surface area (Å²) in [4.78, 5) is 11.9. The quantitative estimate of drug-likeness (QED) is 0.766. The molecule has 2 aromatic rings. The van der Waals surface area contributed by atoms with Gasteiger partial charge in [-0.3, -0.25) is 0 Å². The van der Waals surface area contributed by atoms with Crippen LogP contribution in [0, 0.1) is 6.92 Å². The Kier molecular flexibility index (Phi) is 4.22. The molecule has 2 rings (SSSR count). The Morgan fingerprint density at radius 3 is 2.89 bits per heavy atom. The van der Waals surface area contributed by atoms with Crippen molar-refractivity contribution >= 4 is 5.97 Å². The summed E-state index contributed by atoms with van der Waals surface area (Å²) in [7, 11) is 0. The van der Waals surface area contributed by atoms with Gasteiger partial charge < -0.3 is 4.74 Å². The number of tetrazole rings is 1. The van der Waals surface area contributed by atoms with Crippen molar-refractivity contribution in [2.24, 2.45) is 0 Å². The summed E-state index contributed by atoms with van der Waals surface area (Å²) in [6.07, 6.45) is 0.920. The minimum absolute atomic E-state index is 0.0835. The minimum Gasteiger partial charge on any atom is -0.454 e. The zero-order valence-electron chi connectivity index (χ0n) is 11.0. The smallest absolute Gasteiger partial charge is 0.338 e. The molecule has 0 saturated heterocycles. The molecule has 19 heavy (non-hydrogen) atoms. The van der Waals surface area contributed by atoms with E-state index in [0.29, 0.717) is 17.9 Å². The molecule has 1 aromatic carbocycles. The predicted octanol–water partition coefficient (Wildman–Crippen LogP) is 1.75. The Morgan fingerprint density at radius 1 is 1.37 bits per heavy atom. The van der Waals surface area contributed by atoms with Crippen molar-refractivity contribution in [3.63, 3.8) is 0 Å². The topological polar surface area (TPSA) is 69.9 Å². The number of carbonyl (C=O) groups is 1. The van der Waals surface area contributed by atoms with Gasteiger partial charge >= 0.3 is 5.97 Å². The molecule has 1 aromatic heterocycles. The van der Waals surface area contributed by atoms with Crippen LogP contribution in [0.2, 0.25) is 0 Å². The van der Waals surface area contributed by atoms with E-state index >= 15 is 0 Å². The molecule has 0 radical (unpaired) electrons. The number of benzene rings is 1. The Hall–Kier alpha value is -2.24. The molecule has 0 fully saturated rings. The number of nitrogens with zero attached hydrogens (tertiary/aromatic N) is 4. The van der Waals surface area contributed by atoms with Crippen molar-refractivity contribution in [2.75, 3.05) is 0 Å². The molecule has 0 unspecified atom stereocenters. The van der Waals surface area contributed by atoms with Crippen LogP contribution in [-0.2, 0) is 17.9 Å². The number of carbonyl (C=O) groups excluding carboxylic acids is 1. The van der Waals surface area contributed by atoms with Crippen LogP contribution in [0.4, 0.5) is 0 Å². The van der Waals surface area contributed by atoms with Gasteiger partial charge in [-0.2, -0.15) is 0 Å². The fourth-order valence-electron chi connectivity index (χ4n) is 1.72. The highest BCUT2D eigenvalue weighted by molar-refractivity contribution is 5.90. The number of esters is 1. The van der Waals surface area contributed by atoms with Crippen LogP contribution < -0.4 is 0 Å². The van der Waals surface area contributed by atoms with Crippen LogP contribution in [0.3, 0.4) is 0 Å². The molecule has 6 nitrogen and oxygen atoms in total. The highest BCUT2D eigenvalue weighted by Crippen LogP contribution is 2.09. The number of aromatic nitrogens is 4. The standard InChI is InChI=1S/C13H16N4O2/c1-3-8-17-12(14-15-16-17)9-19-13(18)11-7-5-4-6-10(11)2/h4-7H,3,8-9H2,1-2H3. The van der Waals surface area contributed by atoms with E-state index in [1.807, 2.05) is 32.0 Å². The summed E-state index contributed by atoms with van der Waals surface area (Å²) >= 11 is 0. The molecule has 0 atom stereocenters. The van der Waals surface area contributed by atoms with E-state index in [2.05, 4.69) is 15.5 Å². The molecule has 100 valence electrons. The Balaban J connectivity index is 2.01. The number of aryl methyl sites for hydroxylation is 2. The fraction of sp³-hybridized carbons (Fsp3) is 0.385. The lowest BCUT2D eigenvalue weighted by Crippen LogP contribution is -2.11. The summed E-state index contributed by atoms with van der Waals surface area (Å²) in [6.45, 7) is 4.70. The summed E-state index contributed by atoms with van der Waals surface area (Å²) in [5.41, 5.74) is 1.46. The first-order valence-electron chi connectivity index (χ1n) is 6.20. The van der Waals surface area contributed by atoms with Crippen LogP contribution in [-0.4, -0.2) is 26.2 Å². The van der Waals surface area contributed by atoms with Crippen molar-refractivity contribution < 1.29 is 9.53 Å². The number of rotatable bonds is 5. The lowest BCUT2D eigenvalue weighted by Gasteiger charge is -2.06. The van der Waals surface area contributed by atoms with Crippen LogP contribution in [0.25, 0.3) is 0 Å². The second-order valence-corrected chi connectivity index (χ2v) is 4.21. The largest absolute Gasteiger partial charge is 0.454 e. The third-order valence-corrected chi connectivity index (χ3v) is 2.74. The summed E-state index contributed by atoms with van der Waals surface area (Å²) in [6, 6.07) is 7.31. The molecule has 1 heterocycles. The van der Waals surface area contributed by atoms with Crippen LogP contribution in [0.15, 0.2) is 24.3 Å².